The molecule has 24 heavy (non-hydrogen) atoms. The van der Waals surface area contributed by atoms with Gasteiger partial charge in [-0.15, -0.1) is 0 Å². The van der Waals surface area contributed by atoms with Crippen molar-refractivity contribution >= 4 is 11.8 Å². The van der Waals surface area contributed by atoms with Gasteiger partial charge < -0.3 is 14.3 Å². The second-order valence-corrected chi connectivity index (χ2v) is 6.81. The molecule has 0 aliphatic carbocycles. The third kappa shape index (κ3) is 3.60. The summed E-state index contributed by atoms with van der Waals surface area (Å²) in [6.07, 6.45) is 6.02. The van der Waals surface area contributed by atoms with E-state index in [9.17, 15) is 9.59 Å². The molecule has 2 saturated heterocycles. The minimum absolute atomic E-state index is 0.122. The van der Waals surface area contributed by atoms with E-state index in [2.05, 4.69) is 10.1 Å². The molecule has 0 radical (unpaired) electrons. The van der Waals surface area contributed by atoms with E-state index in [0.717, 1.165) is 45.2 Å². The van der Waals surface area contributed by atoms with Gasteiger partial charge in [-0.1, -0.05) is 18.0 Å². The van der Waals surface area contributed by atoms with Crippen LogP contribution in [-0.2, 0) is 16.0 Å². The van der Waals surface area contributed by atoms with Crippen LogP contribution in [0.4, 0.5) is 0 Å². The molecule has 0 bridgehead atoms. The van der Waals surface area contributed by atoms with Crippen LogP contribution in [-0.4, -0.2) is 56.9 Å². The van der Waals surface area contributed by atoms with E-state index in [1.165, 1.54) is 0 Å². The number of rotatable bonds is 3. The third-order valence-electron chi connectivity index (χ3n) is 5.16. The van der Waals surface area contributed by atoms with Crippen molar-refractivity contribution in [3.63, 3.8) is 0 Å². The Morgan fingerprint density at radius 2 is 1.92 bits per heavy atom. The molecular weight excluding hydrogens is 308 g/mol. The largest absolute Gasteiger partial charge is 0.339 e. The first-order valence-electron chi connectivity index (χ1n) is 8.92. The zero-order valence-electron chi connectivity index (χ0n) is 14.5. The first-order valence-corrected chi connectivity index (χ1v) is 8.92. The van der Waals surface area contributed by atoms with Crippen molar-refractivity contribution in [1.29, 1.82) is 0 Å². The van der Waals surface area contributed by atoms with Crippen molar-refractivity contribution in [3.8, 4) is 0 Å². The Kier molecular flexibility index (Phi) is 5.16. The van der Waals surface area contributed by atoms with Gasteiger partial charge in [0.05, 0.1) is 12.1 Å². The van der Waals surface area contributed by atoms with Gasteiger partial charge in [-0.25, -0.2) is 0 Å². The Bertz CT molecular complexity index is 600. The third-order valence-corrected chi connectivity index (χ3v) is 5.16. The normalized spacial score (nSPS) is 24.4. The van der Waals surface area contributed by atoms with Crippen LogP contribution in [0, 0.1) is 6.92 Å². The first-order chi connectivity index (χ1) is 11.6. The summed E-state index contributed by atoms with van der Waals surface area (Å²) in [6.45, 7) is 4.95. The number of aryl methyl sites for hydroxylation is 2. The molecule has 3 rings (SSSR count). The van der Waals surface area contributed by atoms with Crippen LogP contribution in [0.3, 0.4) is 0 Å². The average molecular weight is 334 g/mol. The molecule has 1 aromatic heterocycles. The highest BCUT2D eigenvalue weighted by molar-refractivity contribution is 5.78. The van der Waals surface area contributed by atoms with Crippen molar-refractivity contribution in [3.05, 3.63) is 11.7 Å². The van der Waals surface area contributed by atoms with Gasteiger partial charge in [0.1, 0.15) is 0 Å². The van der Waals surface area contributed by atoms with Crippen LogP contribution < -0.4 is 0 Å². The number of carbonyl (C=O) groups excluding carboxylic acids is 2. The lowest BCUT2D eigenvalue weighted by molar-refractivity contribution is -0.137. The van der Waals surface area contributed by atoms with Crippen molar-refractivity contribution in [2.45, 2.75) is 70.9 Å². The quantitative estimate of drug-likeness (QED) is 0.840. The molecule has 2 fully saturated rings. The maximum atomic E-state index is 12.8. The van der Waals surface area contributed by atoms with Crippen LogP contribution in [0.15, 0.2) is 4.52 Å². The molecular formula is C17H26N4O3. The predicted octanol–water partition coefficient (Wildman–Crippen LogP) is 1.70. The average Bonchev–Trinajstić information content (AvgIpc) is 3.11. The second kappa shape index (κ2) is 7.32. The number of aromatic nitrogens is 2. The highest BCUT2D eigenvalue weighted by atomic mass is 16.5. The molecule has 0 unspecified atom stereocenters. The van der Waals surface area contributed by atoms with Crippen LogP contribution >= 0.6 is 0 Å². The standard InChI is InChI=1S/C17H26N4O3/c1-12-18-16(24-19-12)7-8-17(23)21-10-5-3-4-6-14-15(21)9-11-20(14)13(2)22/h14-15H,3-11H2,1-2H3/t14-,15+/m1/s1. The molecule has 3 heterocycles. The minimum Gasteiger partial charge on any atom is -0.339 e. The molecule has 2 atom stereocenters. The maximum absolute atomic E-state index is 12.8. The van der Waals surface area contributed by atoms with Gasteiger partial charge in [0.2, 0.25) is 17.7 Å². The molecule has 0 saturated carbocycles. The van der Waals surface area contributed by atoms with Crippen molar-refractivity contribution in [2.75, 3.05) is 13.1 Å². The van der Waals surface area contributed by atoms with E-state index in [0.29, 0.717) is 24.6 Å². The summed E-state index contributed by atoms with van der Waals surface area (Å²) in [5.74, 6) is 1.36. The van der Waals surface area contributed by atoms with Gasteiger partial charge in [0.25, 0.3) is 0 Å². The maximum Gasteiger partial charge on any atom is 0.227 e. The predicted molar refractivity (Wildman–Crippen MR) is 87.1 cm³/mol. The van der Waals surface area contributed by atoms with Crippen LogP contribution in [0.1, 0.15) is 57.2 Å². The van der Waals surface area contributed by atoms with Gasteiger partial charge in [0.15, 0.2) is 5.82 Å². The molecule has 7 heteroatoms. The number of amides is 2. The number of likely N-dealkylation sites (tertiary alicyclic amines) is 2. The van der Waals surface area contributed by atoms with Crippen LogP contribution in [0.2, 0.25) is 0 Å². The Balaban J connectivity index is 1.67. The van der Waals surface area contributed by atoms with Crippen molar-refractivity contribution in [2.24, 2.45) is 0 Å². The lowest BCUT2D eigenvalue weighted by atomic mass is 9.96. The summed E-state index contributed by atoms with van der Waals surface area (Å²) in [6, 6.07) is 0.337. The SMILES string of the molecule is CC(=O)N1CC[C@H]2[C@H]1CCCCCN2C(=O)CCc1nc(C)no1. The first kappa shape index (κ1) is 16.9. The van der Waals surface area contributed by atoms with Gasteiger partial charge in [-0.05, 0) is 26.2 Å². The Morgan fingerprint density at radius 3 is 2.62 bits per heavy atom. The topological polar surface area (TPSA) is 79.5 Å². The zero-order chi connectivity index (χ0) is 17.1. The van der Waals surface area contributed by atoms with E-state index in [1.54, 1.807) is 13.8 Å². The number of carbonyl (C=O) groups is 2. The van der Waals surface area contributed by atoms with E-state index < -0.39 is 0 Å². The molecule has 0 spiro atoms. The monoisotopic (exact) mass is 334 g/mol. The summed E-state index contributed by atoms with van der Waals surface area (Å²) < 4.78 is 5.10. The molecule has 7 nitrogen and oxygen atoms in total. The number of fused-ring (bicyclic) bond motifs is 1. The lowest BCUT2D eigenvalue weighted by Crippen LogP contribution is -2.50. The summed E-state index contributed by atoms with van der Waals surface area (Å²) in [7, 11) is 0. The van der Waals surface area contributed by atoms with E-state index in [-0.39, 0.29) is 23.9 Å². The zero-order valence-corrected chi connectivity index (χ0v) is 14.5. The van der Waals surface area contributed by atoms with E-state index >= 15 is 0 Å². The lowest BCUT2D eigenvalue weighted by Gasteiger charge is -2.37. The number of hydrogen-bond donors (Lipinski definition) is 0. The minimum atomic E-state index is 0.122. The molecule has 0 N–H and O–H groups in total. The van der Waals surface area contributed by atoms with Crippen LogP contribution in [0.5, 0.6) is 0 Å². The number of hydrogen-bond acceptors (Lipinski definition) is 5. The summed E-state index contributed by atoms with van der Waals surface area (Å²) >= 11 is 0. The summed E-state index contributed by atoms with van der Waals surface area (Å²) in [4.78, 5) is 32.8. The molecule has 0 aromatic carbocycles. The highest BCUT2D eigenvalue weighted by Gasteiger charge is 2.40. The highest BCUT2D eigenvalue weighted by Crippen LogP contribution is 2.30. The van der Waals surface area contributed by atoms with Gasteiger partial charge >= 0.3 is 0 Å². The van der Waals surface area contributed by atoms with Crippen molar-refractivity contribution < 1.29 is 14.1 Å². The van der Waals surface area contributed by atoms with Gasteiger partial charge in [-0.3, -0.25) is 9.59 Å². The fraction of sp³-hybridized carbons (Fsp3) is 0.765. The summed E-state index contributed by atoms with van der Waals surface area (Å²) in [5.41, 5.74) is 0. The second-order valence-electron chi connectivity index (χ2n) is 6.81. The van der Waals surface area contributed by atoms with Gasteiger partial charge in [-0.2, -0.15) is 4.98 Å². The van der Waals surface area contributed by atoms with Crippen molar-refractivity contribution in [1.82, 2.24) is 19.9 Å². The molecule has 2 aliphatic heterocycles. The Labute approximate surface area is 142 Å². The fourth-order valence-corrected chi connectivity index (χ4v) is 4.03. The number of nitrogens with zero attached hydrogens (tertiary/aromatic N) is 4. The van der Waals surface area contributed by atoms with E-state index in [1.807, 2.05) is 9.80 Å². The van der Waals surface area contributed by atoms with Crippen LogP contribution in [0.25, 0.3) is 0 Å². The molecule has 132 valence electrons. The Morgan fingerprint density at radius 1 is 1.12 bits per heavy atom. The molecule has 2 aliphatic rings. The van der Waals surface area contributed by atoms with E-state index in [4.69, 9.17) is 4.52 Å². The smallest absolute Gasteiger partial charge is 0.227 e. The molecule has 1 aromatic rings. The summed E-state index contributed by atoms with van der Waals surface area (Å²) in [5, 5.41) is 3.76. The van der Waals surface area contributed by atoms with Gasteiger partial charge in [0, 0.05) is 32.9 Å². The fourth-order valence-electron chi connectivity index (χ4n) is 4.03. The Hall–Kier alpha value is -1.92. The molecule has 2 amide bonds.